The highest BCUT2D eigenvalue weighted by molar-refractivity contribution is 7.85. The van der Waals surface area contributed by atoms with Gasteiger partial charge in [-0.3, -0.25) is 4.79 Å². The van der Waals surface area contributed by atoms with Gasteiger partial charge in [-0.25, -0.2) is 4.21 Å². The number of aryl methyl sites for hydroxylation is 1. The molecule has 1 aromatic heterocycles. The molecule has 6 heteroatoms. The Bertz CT molecular complexity index is 961. The number of rotatable bonds is 4. The quantitative estimate of drug-likeness (QED) is 0.759. The molecule has 0 bridgehead atoms. The molecule has 2 aromatic carbocycles. The molecule has 0 radical (unpaired) electrons. The second kappa shape index (κ2) is 6.42. The number of carboxylic acid groups (broad SMARTS) is 1. The van der Waals surface area contributed by atoms with E-state index in [-0.39, 0.29) is 6.54 Å². The lowest BCUT2D eigenvalue weighted by molar-refractivity contribution is -0.137. The van der Waals surface area contributed by atoms with Gasteiger partial charge in [0.05, 0.1) is 21.2 Å². The standard InChI is InChI=1S/C18H16ClNO3S/c1-11-3-8-16-15(9-11)18(12(2)20(16)10-17(21)22)24(23)14-6-4-13(19)5-7-14/h3-9H,10H2,1-2H3,(H,21,22). The highest BCUT2D eigenvalue weighted by Crippen LogP contribution is 2.32. The predicted octanol–water partition coefficient (Wildman–Crippen LogP) is 4.16. The van der Waals surface area contributed by atoms with Gasteiger partial charge in [-0.1, -0.05) is 23.2 Å². The smallest absolute Gasteiger partial charge is 0.323 e. The maximum absolute atomic E-state index is 13.1. The molecule has 24 heavy (non-hydrogen) atoms. The lowest BCUT2D eigenvalue weighted by Gasteiger charge is -2.06. The summed E-state index contributed by atoms with van der Waals surface area (Å²) in [7, 11) is -1.42. The van der Waals surface area contributed by atoms with E-state index in [2.05, 4.69) is 0 Å². The van der Waals surface area contributed by atoms with Gasteiger partial charge in [0.15, 0.2) is 0 Å². The van der Waals surface area contributed by atoms with E-state index < -0.39 is 16.8 Å². The van der Waals surface area contributed by atoms with Crippen LogP contribution in [0.2, 0.25) is 5.02 Å². The number of carboxylic acids is 1. The lowest BCUT2D eigenvalue weighted by atomic mass is 10.2. The highest BCUT2D eigenvalue weighted by Gasteiger charge is 2.21. The van der Waals surface area contributed by atoms with Crippen molar-refractivity contribution in [2.24, 2.45) is 0 Å². The maximum Gasteiger partial charge on any atom is 0.323 e. The van der Waals surface area contributed by atoms with E-state index in [1.807, 2.05) is 25.1 Å². The summed E-state index contributed by atoms with van der Waals surface area (Å²) in [5.74, 6) is -0.931. The first-order valence-corrected chi connectivity index (χ1v) is 8.90. The Morgan fingerprint density at radius 3 is 2.46 bits per heavy atom. The first-order chi connectivity index (χ1) is 11.4. The average molecular weight is 362 g/mol. The minimum Gasteiger partial charge on any atom is -0.480 e. The summed E-state index contributed by atoms with van der Waals surface area (Å²) in [6.07, 6.45) is 0. The fourth-order valence-electron chi connectivity index (χ4n) is 2.81. The van der Waals surface area contributed by atoms with Crippen LogP contribution in [0.4, 0.5) is 0 Å². The number of aliphatic carboxylic acids is 1. The third-order valence-corrected chi connectivity index (χ3v) is 5.77. The Morgan fingerprint density at radius 1 is 1.17 bits per heavy atom. The summed E-state index contributed by atoms with van der Waals surface area (Å²) >= 11 is 5.90. The average Bonchev–Trinajstić information content (AvgIpc) is 2.78. The minimum absolute atomic E-state index is 0.163. The van der Waals surface area contributed by atoms with E-state index in [0.29, 0.717) is 20.5 Å². The Kier molecular flexibility index (Phi) is 4.47. The number of benzene rings is 2. The number of halogens is 1. The summed E-state index contributed by atoms with van der Waals surface area (Å²) in [6, 6.07) is 12.6. The normalized spacial score (nSPS) is 12.5. The van der Waals surface area contributed by atoms with E-state index in [0.717, 1.165) is 16.5 Å². The lowest BCUT2D eigenvalue weighted by Crippen LogP contribution is -2.10. The molecule has 0 saturated heterocycles. The Balaban J connectivity index is 2.24. The van der Waals surface area contributed by atoms with Gasteiger partial charge in [0.2, 0.25) is 0 Å². The van der Waals surface area contributed by atoms with Crippen LogP contribution in [0.15, 0.2) is 52.3 Å². The van der Waals surface area contributed by atoms with Crippen molar-refractivity contribution in [1.29, 1.82) is 0 Å². The molecule has 0 aliphatic carbocycles. The molecular formula is C18H16ClNO3S. The predicted molar refractivity (Wildman–Crippen MR) is 95.2 cm³/mol. The zero-order valence-corrected chi connectivity index (χ0v) is 14.8. The van der Waals surface area contributed by atoms with E-state index in [1.165, 1.54) is 0 Å². The van der Waals surface area contributed by atoms with Gasteiger partial charge in [-0.2, -0.15) is 0 Å². The van der Waals surface area contributed by atoms with Crippen molar-refractivity contribution in [2.75, 3.05) is 0 Å². The number of hydrogen-bond acceptors (Lipinski definition) is 2. The molecule has 1 atom stereocenters. The topological polar surface area (TPSA) is 59.3 Å². The zero-order valence-electron chi connectivity index (χ0n) is 13.2. The molecule has 1 unspecified atom stereocenters. The number of carbonyl (C=O) groups is 1. The summed E-state index contributed by atoms with van der Waals surface area (Å²) in [5, 5.41) is 10.6. The summed E-state index contributed by atoms with van der Waals surface area (Å²) in [6.45, 7) is 3.60. The third-order valence-electron chi connectivity index (χ3n) is 3.93. The molecule has 0 amide bonds. The molecule has 0 aliphatic heterocycles. The van der Waals surface area contributed by atoms with Gasteiger partial charge in [-0.05, 0) is 50.2 Å². The van der Waals surface area contributed by atoms with Crippen LogP contribution in [-0.4, -0.2) is 19.9 Å². The number of fused-ring (bicyclic) bond motifs is 1. The number of nitrogens with zero attached hydrogens (tertiary/aromatic N) is 1. The Morgan fingerprint density at radius 2 is 1.83 bits per heavy atom. The van der Waals surface area contributed by atoms with Crippen molar-refractivity contribution < 1.29 is 14.1 Å². The maximum atomic E-state index is 13.1. The van der Waals surface area contributed by atoms with Gasteiger partial charge < -0.3 is 9.67 Å². The van der Waals surface area contributed by atoms with Crippen molar-refractivity contribution in [1.82, 2.24) is 4.57 Å². The minimum atomic E-state index is -1.42. The third kappa shape index (κ3) is 2.97. The van der Waals surface area contributed by atoms with Crippen LogP contribution < -0.4 is 0 Å². The fourth-order valence-corrected chi connectivity index (χ4v) is 4.30. The van der Waals surface area contributed by atoms with Gasteiger partial charge in [0.1, 0.15) is 6.54 Å². The highest BCUT2D eigenvalue weighted by atomic mass is 35.5. The van der Waals surface area contributed by atoms with Crippen LogP contribution in [0, 0.1) is 13.8 Å². The molecular weight excluding hydrogens is 346 g/mol. The zero-order chi connectivity index (χ0) is 17.4. The number of aromatic nitrogens is 1. The van der Waals surface area contributed by atoms with E-state index in [4.69, 9.17) is 11.6 Å². The first-order valence-electron chi connectivity index (χ1n) is 7.37. The Hall–Kier alpha value is -2.11. The monoisotopic (exact) mass is 361 g/mol. The molecule has 0 saturated carbocycles. The largest absolute Gasteiger partial charge is 0.480 e. The molecule has 124 valence electrons. The van der Waals surface area contributed by atoms with Gasteiger partial charge >= 0.3 is 5.97 Å². The molecule has 3 rings (SSSR count). The molecule has 0 spiro atoms. The summed E-state index contributed by atoms with van der Waals surface area (Å²) in [5.41, 5.74) is 2.51. The second-order valence-corrected chi connectivity index (χ2v) is 7.49. The molecule has 1 heterocycles. The number of hydrogen-bond donors (Lipinski definition) is 1. The molecule has 1 N–H and O–H groups in total. The van der Waals surface area contributed by atoms with Crippen molar-refractivity contribution in [3.8, 4) is 0 Å². The van der Waals surface area contributed by atoms with E-state index >= 15 is 0 Å². The van der Waals surface area contributed by atoms with Crippen LogP contribution in [0.5, 0.6) is 0 Å². The fraction of sp³-hybridized carbons (Fsp3) is 0.167. The van der Waals surface area contributed by atoms with Gasteiger partial charge in [0, 0.05) is 21.0 Å². The van der Waals surface area contributed by atoms with Crippen LogP contribution in [0.1, 0.15) is 11.3 Å². The van der Waals surface area contributed by atoms with Crippen LogP contribution >= 0.6 is 11.6 Å². The Labute approximate surface area is 147 Å². The van der Waals surface area contributed by atoms with Crippen molar-refractivity contribution in [3.05, 3.63) is 58.7 Å². The van der Waals surface area contributed by atoms with Crippen LogP contribution in [0.25, 0.3) is 10.9 Å². The van der Waals surface area contributed by atoms with Crippen LogP contribution in [-0.2, 0) is 22.1 Å². The molecule has 4 nitrogen and oxygen atoms in total. The molecule has 0 aliphatic rings. The van der Waals surface area contributed by atoms with Crippen molar-refractivity contribution >= 4 is 39.3 Å². The first kappa shape index (κ1) is 16.7. The second-order valence-electron chi connectivity index (χ2n) is 5.64. The summed E-state index contributed by atoms with van der Waals surface area (Å²) < 4.78 is 14.8. The summed E-state index contributed by atoms with van der Waals surface area (Å²) in [4.78, 5) is 12.5. The molecule has 3 aromatic rings. The van der Waals surface area contributed by atoms with E-state index in [1.54, 1.807) is 35.8 Å². The van der Waals surface area contributed by atoms with Crippen LogP contribution in [0.3, 0.4) is 0 Å². The SMILES string of the molecule is Cc1ccc2c(c1)c(S(=O)c1ccc(Cl)cc1)c(C)n2CC(=O)O. The van der Waals surface area contributed by atoms with Crippen molar-refractivity contribution in [3.63, 3.8) is 0 Å². The molecule has 0 fully saturated rings. The van der Waals surface area contributed by atoms with Crippen molar-refractivity contribution in [2.45, 2.75) is 30.2 Å². The van der Waals surface area contributed by atoms with Gasteiger partial charge in [0.25, 0.3) is 0 Å². The van der Waals surface area contributed by atoms with E-state index in [9.17, 15) is 14.1 Å². The van der Waals surface area contributed by atoms with Gasteiger partial charge in [-0.15, -0.1) is 0 Å².